The van der Waals surface area contributed by atoms with Crippen LogP contribution < -0.4 is 0 Å². The Hall–Kier alpha value is -7.29. The molecule has 272 valence electrons. The maximum Gasteiger partial charge on any atom is 0.137 e. The topological polar surface area (TPSA) is 17.3 Å². The van der Waals surface area contributed by atoms with E-state index in [1.165, 1.54) is 98.7 Å². The zero-order valence-electron chi connectivity index (χ0n) is 32.4. The van der Waals surface area contributed by atoms with Crippen LogP contribution in [-0.2, 0) is 5.41 Å². The summed E-state index contributed by atoms with van der Waals surface area (Å²) in [6.45, 7) is 4.77. The molecule has 0 amide bonds. The fraction of sp³-hybridized carbons (Fsp3) is 0.0536. The zero-order valence-corrected chi connectivity index (χ0v) is 32.4. The number of hydrogen-bond donors (Lipinski definition) is 0. The lowest BCUT2D eigenvalue weighted by molar-refractivity contribution is 0.661. The molecule has 0 bridgehead atoms. The van der Waals surface area contributed by atoms with Gasteiger partial charge in [0.1, 0.15) is 5.65 Å². The SMILES string of the molecule is CC1(C)c2ccccc2-c2cc3c(-c4ccc5ccccc5c4)c4ccc(-c5ccc(-c6cn7ccccc7n6)cc5)cc4c(-c4ccc5ccccc5c4)c3cc21. The number of aromatic nitrogens is 2. The van der Waals surface area contributed by atoms with Crippen LogP contribution in [0.2, 0.25) is 0 Å². The summed E-state index contributed by atoms with van der Waals surface area (Å²) >= 11 is 0. The van der Waals surface area contributed by atoms with Crippen LogP contribution in [0.5, 0.6) is 0 Å². The van der Waals surface area contributed by atoms with E-state index in [1.807, 2.05) is 24.4 Å². The van der Waals surface area contributed by atoms with E-state index in [9.17, 15) is 0 Å². The van der Waals surface area contributed by atoms with E-state index >= 15 is 0 Å². The first-order valence-corrected chi connectivity index (χ1v) is 20.2. The van der Waals surface area contributed by atoms with Crippen molar-refractivity contribution in [3.63, 3.8) is 0 Å². The third kappa shape index (κ3) is 4.95. The molecule has 0 unspecified atom stereocenters. The lowest BCUT2D eigenvalue weighted by Gasteiger charge is -2.24. The second-order valence-corrected chi connectivity index (χ2v) is 16.4. The highest BCUT2D eigenvalue weighted by Crippen LogP contribution is 2.53. The summed E-state index contributed by atoms with van der Waals surface area (Å²) in [6, 6.07) is 67.6. The molecule has 9 aromatic carbocycles. The first-order chi connectivity index (χ1) is 28.5. The van der Waals surface area contributed by atoms with Crippen LogP contribution in [0.3, 0.4) is 0 Å². The Labute approximate surface area is 337 Å². The standard InChI is InChI=1S/C56H38N2/c1-56(2)50-16-8-7-15-44(50)46-32-48-49(33-51(46)56)55(43-25-21-36-12-4-6-14-40(36)30-43)47-31-41(26-27-45(47)54(48)42-24-20-35-11-3-5-13-39(35)29-42)37-18-22-38(23-19-37)52-34-58-28-10-9-17-53(58)57-52/h3-34H,1-2H3. The second kappa shape index (κ2) is 12.4. The summed E-state index contributed by atoms with van der Waals surface area (Å²) in [7, 11) is 0. The van der Waals surface area contributed by atoms with Gasteiger partial charge in [0.05, 0.1) is 5.69 Å². The van der Waals surface area contributed by atoms with Crippen LogP contribution in [-0.4, -0.2) is 9.38 Å². The average Bonchev–Trinajstić information content (AvgIpc) is 3.80. The minimum absolute atomic E-state index is 0.136. The molecule has 0 saturated carbocycles. The van der Waals surface area contributed by atoms with E-state index in [2.05, 4.69) is 188 Å². The van der Waals surface area contributed by atoms with Gasteiger partial charge in [-0.1, -0.05) is 153 Å². The largest absolute Gasteiger partial charge is 0.306 e. The second-order valence-electron chi connectivity index (χ2n) is 16.4. The smallest absolute Gasteiger partial charge is 0.137 e. The third-order valence-corrected chi connectivity index (χ3v) is 12.8. The van der Waals surface area contributed by atoms with Gasteiger partial charge in [-0.2, -0.15) is 0 Å². The van der Waals surface area contributed by atoms with Gasteiger partial charge in [-0.3, -0.25) is 0 Å². The fourth-order valence-corrected chi connectivity index (χ4v) is 9.82. The van der Waals surface area contributed by atoms with Crippen LogP contribution in [0.15, 0.2) is 194 Å². The molecule has 0 aliphatic heterocycles. The van der Waals surface area contributed by atoms with Crippen molar-refractivity contribution in [2.24, 2.45) is 0 Å². The molecule has 2 heteroatoms. The van der Waals surface area contributed by atoms with Crippen LogP contribution in [0.25, 0.3) is 105 Å². The lowest BCUT2D eigenvalue weighted by atomic mass is 9.79. The highest BCUT2D eigenvalue weighted by atomic mass is 15.0. The molecule has 2 heterocycles. The van der Waals surface area contributed by atoms with Crippen molar-refractivity contribution in [2.75, 3.05) is 0 Å². The Morgan fingerprint density at radius 3 is 1.69 bits per heavy atom. The predicted molar refractivity (Wildman–Crippen MR) is 245 cm³/mol. The Morgan fingerprint density at radius 2 is 0.966 bits per heavy atom. The van der Waals surface area contributed by atoms with Crippen molar-refractivity contribution in [1.29, 1.82) is 0 Å². The molecule has 0 atom stereocenters. The molecule has 1 aliphatic carbocycles. The normalized spacial score (nSPS) is 13.1. The Balaban J connectivity index is 1.16. The van der Waals surface area contributed by atoms with Gasteiger partial charge >= 0.3 is 0 Å². The van der Waals surface area contributed by atoms with Crippen molar-refractivity contribution < 1.29 is 0 Å². The summed E-state index contributed by atoms with van der Waals surface area (Å²) in [4.78, 5) is 4.89. The maximum atomic E-state index is 4.89. The van der Waals surface area contributed by atoms with Crippen molar-refractivity contribution >= 4 is 48.7 Å². The molecule has 0 fully saturated rings. The minimum atomic E-state index is -0.136. The highest BCUT2D eigenvalue weighted by molar-refractivity contribution is 6.23. The molecular formula is C56H38N2. The first-order valence-electron chi connectivity index (χ1n) is 20.2. The van der Waals surface area contributed by atoms with E-state index in [1.54, 1.807) is 0 Å². The summed E-state index contributed by atoms with van der Waals surface area (Å²) in [5.74, 6) is 0. The third-order valence-electron chi connectivity index (χ3n) is 12.8. The van der Waals surface area contributed by atoms with Gasteiger partial charge in [-0.25, -0.2) is 4.98 Å². The van der Waals surface area contributed by atoms with Crippen LogP contribution in [0, 0.1) is 0 Å². The Kier molecular flexibility index (Phi) is 7.01. The maximum absolute atomic E-state index is 4.89. The van der Waals surface area contributed by atoms with Crippen LogP contribution in [0.1, 0.15) is 25.0 Å². The number of rotatable bonds is 4. The molecule has 0 N–H and O–H groups in total. The fourth-order valence-electron chi connectivity index (χ4n) is 9.82. The average molecular weight is 739 g/mol. The van der Waals surface area contributed by atoms with Gasteiger partial charge in [-0.15, -0.1) is 0 Å². The molecule has 0 radical (unpaired) electrons. The predicted octanol–water partition coefficient (Wildman–Crippen LogP) is 14.9. The van der Waals surface area contributed by atoms with Crippen LogP contribution in [0.4, 0.5) is 0 Å². The monoisotopic (exact) mass is 738 g/mol. The van der Waals surface area contributed by atoms with Crippen LogP contribution >= 0.6 is 0 Å². The lowest BCUT2D eigenvalue weighted by Crippen LogP contribution is -2.14. The number of imidazole rings is 1. The highest BCUT2D eigenvalue weighted by Gasteiger charge is 2.36. The van der Waals surface area contributed by atoms with Gasteiger partial charge in [0.2, 0.25) is 0 Å². The van der Waals surface area contributed by atoms with Gasteiger partial charge < -0.3 is 4.40 Å². The van der Waals surface area contributed by atoms with Crippen molar-refractivity contribution in [3.8, 4) is 55.8 Å². The van der Waals surface area contributed by atoms with E-state index < -0.39 is 0 Å². The Morgan fingerprint density at radius 1 is 0.397 bits per heavy atom. The first kappa shape index (κ1) is 32.9. The van der Waals surface area contributed by atoms with E-state index in [0.717, 1.165) is 16.9 Å². The molecule has 12 rings (SSSR count). The molecule has 2 aromatic heterocycles. The minimum Gasteiger partial charge on any atom is -0.306 e. The molecule has 1 aliphatic rings. The van der Waals surface area contributed by atoms with Gasteiger partial charge in [0.25, 0.3) is 0 Å². The van der Waals surface area contributed by atoms with Crippen molar-refractivity contribution in [2.45, 2.75) is 19.3 Å². The number of benzene rings is 9. The van der Waals surface area contributed by atoms with Crippen molar-refractivity contribution in [3.05, 3.63) is 206 Å². The molecule has 2 nitrogen and oxygen atoms in total. The quantitative estimate of drug-likeness (QED) is 0.164. The summed E-state index contributed by atoms with van der Waals surface area (Å²) in [5.41, 5.74) is 15.7. The summed E-state index contributed by atoms with van der Waals surface area (Å²) in [5, 5.41) is 10.0. The molecule has 0 saturated heterocycles. The molecule has 0 spiro atoms. The Bertz CT molecular complexity index is 3440. The number of pyridine rings is 1. The summed E-state index contributed by atoms with van der Waals surface area (Å²) in [6.07, 6.45) is 4.15. The number of hydrogen-bond acceptors (Lipinski definition) is 1. The van der Waals surface area contributed by atoms with Gasteiger partial charge in [0.15, 0.2) is 0 Å². The molecule has 11 aromatic rings. The zero-order chi connectivity index (χ0) is 38.5. The molecule has 58 heavy (non-hydrogen) atoms. The summed E-state index contributed by atoms with van der Waals surface area (Å²) < 4.78 is 2.08. The van der Waals surface area contributed by atoms with E-state index in [-0.39, 0.29) is 5.41 Å². The molecular weight excluding hydrogens is 701 g/mol. The number of fused-ring (bicyclic) bond motifs is 8. The van der Waals surface area contributed by atoms with E-state index in [0.29, 0.717) is 0 Å². The number of nitrogens with zero attached hydrogens (tertiary/aromatic N) is 2. The van der Waals surface area contributed by atoms with E-state index in [4.69, 9.17) is 4.98 Å². The van der Waals surface area contributed by atoms with Crippen molar-refractivity contribution in [1.82, 2.24) is 9.38 Å². The van der Waals surface area contributed by atoms with Gasteiger partial charge in [-0.05, 0) is 141 Å². The van der Waals surface area contributed by atoms with Gasteiger partial charge in [0, 0.05) is 23.4 Å².